The third-order valence-electron chi connectivity index (χ3n) is 2.38. The molecule has 2 rings (SSSR count). The predicted octanol–water partition coefficient (Wildman–Crippen LogP) is 3.07. The molecule has 0 aliphatic rings. The largest absolute Gasteiger partial charge is 0.294 e. The number of carbonyl (C=O) groups is 1. The van der Waals surface area contributed by atoms with Crippen molar-refractivity contribution in [2.75, 3.05) is 6.26 Å². The molecule has 1 aromatic heterocycles. The molecule has 0 fully saturated rings. The third-order valence-corrected chi connectivity index (χ3v) is 2.94. The molecule has 1 heterocycles. The van der Waals surface area contributed by atoms with Crippen LogP contribution in [-0.2, 0) is 0 Å². The standard InChI is InChI=1S/C13H12N2OS/c1-9(16)11-8-14-13(17-2)15-12(11)10-6-4-3-5-7-10/h3-8H,1-2H3. The fourth-order valence-electron chi connectivity index (χ4n) is 1.54. The quantitative estimate of drug-likeness (QED) is 0.473. The summed E-state index contributed by atoms with van der Waals surface area (Å²) in [6.45, 7) is 1.53. The molecule has 0 unspecified atom stereocenters. The van der Waals surface area contributed by atoms with Gasteiger partial charge in [0, 0.05) is 11.8 Å². The molecule has 0 saturated heterocycles. The van der Waals surface area contributed by atoms with Gasteiger partial charge in [-0.05, 0) is 13.2 Å². The number of rotatable bonds is 3. The first kappa shape index (κ1) is 11.8. The van der Waals surface area contributed by atoms with E-state index >= 15 is 0 Å². The van der Waals surface area contributed by atoms with Crippen LogP contribution in [0.25, 0.3) is 11.3 Å². The van der Waals surface area contributed by atoms with Crippen molar-refractivity contribution in [1.82, 2.24) is 9.97 Å². The lowest BCUT2D eigenvalue weighted by Crippen LogP contribution is -2.01. The highest BCUT2D eigenvalue weighted by molar-refractivity contribution is 7.98. The summed E-state index contributed by atoms with van der Waals surface area (Å²) in [5.41, 5.74) is 2.21. The summed E-state index contributed by atoms with van der Waals surface area (Å²) >= 11 is 1.46. The Labute approximate surface area is 104 Å². The first-order valence-corrected chi connectivity index (χ1v) is 6.42. The summed E-state index contributed by atoms with van der Waals surface area (Å²) in [6.07, 6.45) is 3.51. The van der Waals surface area contributed by atoms with Crippen LogP contribution in [0.2, 0.25) is 0 Å². The second-order valence-electron chi connectivity index (χ2n) is 3.54. The van der Waals surface area contributed by atoms with Crippen molar-refractivity contribution in [3.63, 3.8) is 0 Å². The maximum Gasteiger partial charge on any atom is 0.187 e. The zero-order valence-electron chi connectivity index (χ0n) is 9.68. The number of hydrogen-bond acceptors (Lipinski definition) is 4. The topological polar surface area (TPSA) is 42.9 Å². The maximum atomic E-state index is 11.6. The van der Waals surface area contributed by atoms with Gasteiger partial charge in [-0.3, -0.25) is 4.79 Å². The predicted molar refractivity (Wildman–Crippen MR) is 69.3 cm³/mol. The van der Waals surface area contributed by atoms with E-state index in [0.717, 1.165) is 5.56 Å². The van der Waals surface area contributed by atoms with Gasteiger partial charge in [-0.15, -0.1) is 0 Å². The smallest absolute Gasteiger partial charge is 0.187 e. The fourth-order valence-corrected chi connectivity index (χ4v) is 1.88. The van der Waals surface area contributed by atoms with Gasteiger partial charge in [-0.1, -0.05) is 42.1 Å². The highest BCUT2D eigenvalue weighted by Crippen LogP contribution is 2.23. The Balaban J connectivity index is 2.61. The molecule has 3 nitrogen and oxygen atoms in total. The maximum absolute atomic E-state index is 11.6. The van der Waals surface area contributed by atoms with Crippen molar-refractivity contribution in [3.8, 4) is 11.3 Å². The van der Waals surface area contributed by atoms with E-state index in [4.69, 9.17) is 0 Å². The fraction of sp³-hybridized carbons (Fsp3) is 0.154. The van der Waals surface area contributed by atoms with Gasteiger partial charge in [0.1, 0.15) is 0 Å². The Hall–Kier alpha value is -1.68. The molecule has 0 bridgehead atoms. The van der Waals surface area contributed by atoms with Crippen LogP contribution in [0.15, 0.2) is 41.7 Å². The lowest BCUT2D eigenvalue weighted by molar-refractivity contribution is 0.101. The molecule has 1 aromatic carbocycles. The monoisotopic (exact) mass is 244 g/mol. The minimum atomic E-state index is -0.0171. The molecule has 86 valence electrons. The van der Waals surface area contributed by atoms with Gasteiger partial charge in [-0.2, -0.15) is 0 Å². The number of hydrogen-bond donors (Lipinski definition) is 0. The average Bonchev–Trinajstić information content (AvgIpc) is 2.39. The average molecular weight is 244 g/mol. The van der Waals surface area contributed by atoms with Crippen LogP contribution in [0.3, 0.4) is 0 Å². The number of thioether (sulfide) groups is 1. The molecule has 4 heteroatoms. The first-order chi connectivity index (χ1) is 8.22. The molecule has 0 N–H and O–H groups in total. The Morgan fingerprint density at radius 3 is 2.53 bits per heavy atom. The third kappa shape index (κ3) is 2.53. The van der Waals surface area contributed by atoms with Crippen LogP contribution < -0.4 is 0 Å². The summed E-state index contributed by atoms with van der Waals surface area (Å²) in [5.74, 6) is -0.0171. The molecule has 0 aliphatic carbocycles. The summed E-state index contributed by atoms with van der Waals surface area (Å²) in [7, 11) is 0. The number of nitrogens with zero attached hydrogens (tertiary/aromatic N) is 2. The molecule has 0 saturated carbocycles. The van der Waals surface area contributed by atoms with Crippen LogP contribution in [0.4, 0.5) is 0 Å². The van der Waals surface area contributed by atoms with Gasteiger partial charge >= 0.3 is 0 Å². The van der Waals surface area contributed by atoms with E-state index in [2.05, 4.69) is 9.97 Å². The first-order valence-electron chi connectivity index (χ1n) is 5.19. The Kier molecular flexibility index (Phi) is 3.54. The summed E-state index contributed by atoms with van der Waals surface area (Å²) in [4.78, 5) is 20.1. The summed E-state index contributed by atoms with van der Waals surface area (Å²) in [6, 6.07) is 9.69. The van der Waals surface area contributed by atoms with E-state index in [9.17, 15) is 4.79 Å². The number of aromatic nitrogens is 2. The lowest BCUT2D eigenvalue weighted by atomic mass is 10.1. The summed E-state index contributed by atoms with van der Waals surface area (Å²) in [5, 5.41) is 0.675. The van der Waals surface area contributed by atoms with Crippen LogP contribution in [0.5, 0.6) is 0 Å². The zero-order valence-corrected chi connectivity index (χ0v) is 10.5. The molecule has 0 radical (unpaired) electrons. The van der Waals surface area contributed by atoms with Crippen LogP contribution in [0.1, 0.15) is 17.3 Å². The van der Waals surface area contributed by atoms with Crippen molar-refractivity contribution in [1.29, 1.82) is 0 Å². The highest BCUT2D eigenvalue weighted by Gasteiger charge is 2.12. The zero-order chi connectivity index (χ0) is 12.3. The molecule has 0 amide bonds. The normalized spacial score (nSPS) is 10.2. The van der Waals surface area contributed by atoms with Gasteiger partial charge in [0.2, 0.25) is 0 Å². The number of Topliss-reactive ketones (excluding diaryl/α,β-unsaturated/α-hetero) is 1. The van der Waals surface area contributed by atoms with Gasteiger partial charge in [-0.25, -0.2) is 9.97 Å². The number of carbonyl (C=O) groups excluding carboxylic acids is 1. The van der Waals surface area contributed by atoms with Crippen molar-refractivity contribution >= 4 is 17.5 Å². The molecular formula is C13H12N2OS. The number of ketones is 1. The molecule has 2 aromatic rings. The molecule has 0 spiro atoms. The van der Waals surface area contributed by atoms with Gasteiger partial charge in [0.25, 0.3) is 0 Å². The van der Waals surface area contributed by atoms with Crippen molar-refractivity contribution in [3.05, 3.63) is 42.1 Å². The van der Waals surface area contributed by atoms with Crippen molar-refractivity contribution < 1.29 is 4.79 Å². The highest BCUT2D eigenvalue weighted by atomic mass is 32.2. The lowest BCUT2D eigenvalue weighted by Gasteiger charge is -2.06. The molecular weight excluding hydrogens is 232 g/mol. The van der Waals surface area contributed by atoms with E-state index in [1.807, 2.05) is 36.6 Å². The van der Waals surface area contributed by atoms with E-state index in [-0.39, 0.29) is 5.78 Å². The molecule has 0 aliphatic heterocycles. The summed E-state index contributed by atoms with van der Waals surface area (Å²) < 4.78 is 0. The molecule has 17 heavy (non-hydrogen) atoms. The minimum absolute atomic E-state index is 0.0171. The SMILES string of the molecule is CSc1ncc(C(C)=O)c(-c2ccccc2)n1. The Morgan fingerprint density at radius 2 is 1.94 bits per heavy atom. The van der Waals surface area contributed by atoms with Crippen molar-refractivity contribution in [2.24, 2.45) is 0 Å². The van der Waals surface area contributed by atoms with Gasteiger partial charge in [0.15, 0.2) is 10.9 Å². The van der Waals surface area contributed by atoms with E-state index in [0.29, 0.717) is 16.4 Å². The van der Waals surface area contributed by atoms with Crippen LogP contribution >= 0.6 is 11.8 Å². The van der Waals surface area contributed by atoms with Crippen LogP contribution in [-0.4, -0.2) is 22.0 Å². The second-order valence-corrected chi connectivity index (χ2v) is 4.31. The van der Waals surface area contributed by atoms with Gasteiger partial charge < -0.3 is 0 Å². The van der Waals surface area contributed by atoms with E-state index in [1.165, 1.54) is 18.7 Å². The number of benzene rings is 1. The van der Waals surface area contributed by atoms with Crippen LogP contribution in [0, 0.1) is 0 Å². The molecule has 0 atom stereocenters. The van der Waals surface area contributed by atoms with Crippen molar-refractivity contribution in [2.45, 2.75) is 12.1 Å². The van der Waals surface area contributed by atoms with E-state index in [1.54, 1.807) is 6.20 Å². The minimum Gasteiger partial charge on any atom is -0.294 e. The second kappa shape index (κ2) is 5.10. The Morgan fingerprint density at radius 1 is 1.24 bits per heavy atom. The van der Waals surface area contributed by atoms with Gasteiger partial charge in [0.05, 0.1) is 11.3 Å². The Bertz CT molecular complexity index is 540. The van der Waals surface area contributed by atoms with E-state index < -0.39 is 0 Å².